The van der Waals surface area contributed by atoms with E-state index in [9.17, 15) is 14.7 Å². The summed E-state index contributed by atoms with van der Waals surface area (Å²) in [7, 11) is 0. The maximum Gasteiger partial charge on any atom is 0.329 e. The predicted octanol–water partition coefficient (Wildman–Crippen LogP) is 1.59. The number of nitrogens with zero attached hydrogens (tertiary/aromatic N) is 1. The summed E-state index contributed by atoms with van der Waals surface area (Å²) in [5.74, 6) is -0.368. The molecule has 2 atom stereocenters. The van der Waals surface area contributed by atoms with Gasteiger partial charge in [0.2, 0.25) is 0 Å². The van der Waals surface area contributed by atoms with Crippen LogP contribution in [-0.4, -0.2) is 52.8 Å². The maximum atomic E-state index is 12.5. The third-order valence-electron chi connectivity index (χ3n) is 5.21. The molecule has 3 fully saturated rings. The monoisotopic (exact) mass is 296 g/mol. The Balaban J connectivity index is 1.65. The number of nitrogens with one attached hydrogen (secondary N) is 1. The van der Waals surface area contributed by atoms with Gasteiger partial charge < -0.3 is 20.1 Å². The average Bonchev–Trinajstić information content (AvgIpc) is 2.79. The van der Waals surface area contributed by atoms with Gasteiger partial charge in [-0.05, 0) is 44.4 Å². The molecule has 6 heteroatoms. The molecule has 2 aliphatic heterocycles. The summed E-state index contributed by atoms with van der Waals surface area (Å²) in [6.45, 7) is 3.29. The Hall–Kier alpha value is -1.30. The van der Waals surface area contributed by atoms with Gasteiger partial charge in [0.15, 0.2) is 0 Å². The standard InChI is InChI=1S/C15H24N2O4/c1-10-4-6-15(7-5-10,13(18)19)16-14(20)17-8-11-2-3-12(9-17)21-11/h10-12H,2-9H2,1H3,(H,16,20)(H,18,19). The van der Waals surface area contributed by atoms with Gasteiger partial charge in [-0.2, -0.15) is 0 Å². The van der Waals surface area contributed by atoms with Gasteiger partial charge in [0.05, 0.1) is 12.2 Å². The van der Waals surface area contributed by atoms with Gasteiger partial charge >= 0.3 is 12.0 Å². The Morgan fingerprint density at radius 1 is 1.14 bits per heavy atom. The first kappa shape index (κ1) is 14.6. The molecule has 2 unspecified atom stereocenters. The molecule has 0 aromatic carbocycles. The van der Waals surface area contributed by atoms with Crippen LogP contribution in [0.5, 0.6) is 0 Å². The van der Waals surface area contributed by atoms with Gasteiger partial charge in [-0.1, -0.05) is 6.92 Å². The second kappa shape index (κ2) is 5.48. The molecule has 2 heterocycles. The van der Waals surface area contributed by atoms with Crippen LogP contribution in [0.25, 0.3) is 0 Å². The number of fused-ring (bicyclic) bond motifs is 2. The van der Waals surface area contributed by atoms with Gasteiger partial charge in [-0.25, -0.2) is 9.59 Å². The van der Waals surface area contributed by atoms with E-state index in [0.29, 0.717) is 31.8 Å². The zero-order valence-electron chi connectivity index (χ0n) is 12.5. The fourth-order valence-electron chi connectivity index (χ4n) is 3.71. The number of aliphatic carboxylic acids is 1. The van der Waals surface area contributed by atoms with Crippen molar-refractivity contribution < 1.29 is 19.4 Å². The fraction of sp³-hybridized carbons (Fsp3) is 0.867. The van der Waals surface area contributed by atoms with E-state index in [1.807, 2.05) is 0 Å². The minimum Gasteiger partial charge on any atom is -0.480 e. The summed E-state index contributed by atoms with van der Waals surface area (Å²) in [6.07, 6.45) is 4.98. The zero-order valence-corrected chi connectivity index (χ0v) is 12.5. The lowest BCUT2D eigenvalue weighted by atomic mass is 9.77. The van der Waals surface area contributed by atoms with E-state index >= 15 is 0 Å². The van der Waals surface area contributed by atoms with Crippen molar-refractivity contribution in [2.45, 2.75) is 63.2 Å². The van der Waals surface area contributed by atoms with Crippen molar-refractivity contribution in [2.75, 3.05) is 13.1 Å². The van der Waals surface area contributed by atoms with Crippen molar-refractivity contribution in [1.29, 1.82) is 0 Å². The van der Waals surface area contributed by atoms with E-state index < -0.39 is 11.5 Å². The van der Waals surface area contributed by atoms with Crippen molar-refractivity contribution in [3.8, 4) is 0 Å². The lowest BCUT2D eigenvalue weighted by molar-refractivity contribution is -0.146. The molecule has 1 saturated carbocycles. The average molecular weight is 296 g/mol. The Morgan fingerprint density at radius 3 is 2.24 bits per heavy atom. The van der Waals surface area contributed by atoms with E-state index in [0.717, 1.165) is 25.7 Å². The zero-order chi connectivity index (χ0) is 15.0. The number of ether oxygens (including phenoxy) is 1. The Labute approximate surface area is 124 Å². The summed E-state index contributed by atoms with van der Waals surface area (Å²) in [6, 6.07) is -0.243. The van der Waals surface area contributed by atoms with Crippen LogP contribution >= 0.6 is 0 Å². The Kier molecular flexibility index (Phi) is 3.82. The highest BCUT2D eigenvalue weighted by Gasteiger charge is 2.44. The second-order valence-electron chi connectivity index (χ2n) is 6.86. The topological polar surface area (TPSA) is 78.9 Å². The van der Waals surface area contributed by atoms with Crippen molar-refractivity contribution in [2.24, 2.45) is 5.92 Å². The van der Waals surface area contributed by atoms with Crippen LogP contribution in [0.2, 0.25) is 0 Å². The van der Waals surface area contributed by atoms with Crippen LogP contribution in [-0.2, 0) is 9.53 Å². The molecule has 2 amide bonds. The summed E-state index contributed by atoms with van der Waals surface area (Å²) in [5.41, 5.74) is -1.08. The molecule has 6 nitrogen and oxygen atoms in total. The van der Waals surface area contributed by atoms with Crippen molar-refractivity contribution >= 4 is 12.0 Å². The third kappa shape index (κ3) is 2.86. The first-order chi connectivity index (χ1) is 9.98. The fourth-order valence-corrected chi connectivity index (χ4v) is 3.71. The lowest BCUT2D eigenvalue weighted by Gasteiger charge is -2.39. The molecule has 2 saturated heterocycles. The van der Waals surface area contributed by atoms with Crippen LogP contribution in [0.4, 0.5) is 4.79 Å². The highest BCUT2D eigenvalue weighted by molar-refractivity contribution is 5.86. The quantitative estimate of drug-likeness (QED) is 0.811. The molecular formula is C15H24N2O4. The number of amides is 2. The molecule has 0 radical (unpaired) electrons. The van der Waals surface area contributed by atoms with Gasteiger partial charge in [0, 0.05) is 13.1 Å². The molecule has 1 aliphatic carbocycles. The summed E-state index contributed by atoms with van der Waals surface area (Å²) in [5, 5.41) is 12.4. The maximum absolute atomic E-state index is 12.5. The van der Waals surface area contributed by atoms with E-state index in [1.165, 1.54) is 0 Å². The normalized spacial score (nSPS) is 39.1. The Bertz CT molecular complexity index is 419. The number of carboxylic acid groups (broad SMARTS) is 1. The van der Waals surface area contributed by atoms with E-state index in [-0.39, 0.29) is 18.2 Å². The number of morpholine rings is 1. The summed E-state index contributed by atoms with van der Waals surface area (Å²) >= 11 is 0. The van der Waals surface area contributed by atoms with Crippen LogP contribution in [0.15, 0.2) is 0 Å². The van der Waals surface area contributed by atoms with Gasteiger partial charge in [-0.3, -0.25) is 0 Å². The van der Waals surface area contributed by atoms with Gasteiger partial charge in [0.1, 0.15) is 5.54 Å². The predicted molar refractivity (Wildman–Crippen MR) is 76.0 cm³/mol. The van der Waals surface area contributed by atoms with Gasteiger partial charge in [0.25, 0.3) is 0 Å². The van der Waals surface area contributed by atoms with E-state index in [2.05, 4.69) is 12.2 Å². The molecule has 0 aromatic rings. The SMILES string of the molecule is CC1CCC(NC(=O)N2CC3CCC(C2)O3)(C(=O)O)CC1. The van der Waals surface area contributed by atoms with Crippen molar-refractivity contribution in [3.63, 3.8) is 0 Å². The highest BCUT2D eigenvalue weighted by Crippen LogP contribution is 2.33. The van der Waals surface area contributed by atoms with Gasteiger partial charge in [-0.15, -0.1) is 0 Å². The molecule has 3 aliphatic rings. The van der Waals surface area contributed by atoms with E-state index in [4.69, 9.17) is 4.74 Å². The number of carboxylic acids is 1. The number of urea groups is 1. The minimum atomic E-state index is -1.08. The molecular weight excluding hydrogens is 272 g/mol. The first-order valence-electron chi connectivity index (χ1n) is 7.94. The molecule has 0 spiro atoms. The van der Waals surface area contributed by atoms with Crippen LogP contribution < -0.4 is 5.32 Å². The minimum absolute atomic E-state index is 0.127. The number of carbonyl (C=O) groups excluding carboxylic acids is 1. The number of hydrogen-bond donors (Lipinski definition) is 2. The van der Waals surface area contributed by atoms with Crippen LogP contribution in [0.1, 0.15) is 45.4 Å². The summed E-state index contributed by atoms with van der Waals surface area (Å²) in [4.78, 5) is 25.9. The summed E-state index contributed by atoms with van der Waals surface area (Å²) < 4.78 is 5.72. The van der Waals surface area contributed by atoms with Crippen molar-refractivity contribution in [1.82, 2.24) is 10.2 Å². The Morgan fingerprint density at radius 2 is 1.71 bits per heavy atom. The third-order valence-corrected chi connectivity index (χ3v) is 5.21. The smallest absolute Gasteiger partial charge is 0.329 e. The van der Waals surface area contributed by atoms with Crippen molar-refractivity contribution in [3.05, 3.63) is 0 Å². The molecule has 2 N–H and O–H groups in total. The second-order valence-corrected chi connectivity index (χ2v) is 6.86. The lowest BCUT2D eigenvalue weighted by Crippen LogP contribution is -2.61. The highest BCUT2D eigenvalue weighted by atomic mass is 16.5. The number of likely N-dealkylation sites (tertiary alicyclic amines) is 1. The number of rotatable bonds is 2. The molecule has 3 rings (SSSR count). The van der Waals surface area contributed by atoms with Crippen LogP contribution in [0.3, 0.4) is 0 Å². The molecule has 2 bridgehead atoms. The molecule has 21 heavy (non-hydrogen) atoms. The van der Waals surface area contributed by atoms with Crippen LogP contribution in [0, 0.1) is 5.92 Å². The molecule has 0 aromatic heterocycles. The largest absolute Gasteiger partial charge is 0.480 e. The van der Waals surface area contributed by atoms with E-state index in [1.54, 1.807) is 4.90 Å². The first-order valence-corrected chi connectivity index (χ1v) is 7.94. The number of carbonyl (C=O) groups is 2. The number of hydrogen-bond acceptors (Lipinski definition) is 3. The molecule has 118 valence electrons.